The number of methoxy groups -OCH3 is 1. The van der Waals surface area contributed by atoms with Gasteiger partial charge in [0.2, 0.25) is 0 Å². The number of carbonyl (C=O) groups is 2. The Morgan fingerprint density at radius 3 is 2.56 bits per heavy atom. The average Bonchev–Trinajstić information content (AvgIpc) is 3.71. The molecule has 232 valence electrons. The Balaban J connectivity index is 1.30. The smallest absolute Gasteiger partial charge is 0.411 e. The van der Waals surface area contributed by atoms with Crippen LogP contribution in [0.4, 0.5) is 15.3 Å². The quantitative estimate of drug-likeness (QED) is 0.132. The van der Waals surface area contributed by atoms with Gasteiger partial charge in [-0.3, -0.25) is 5.32 Å². The molecule has 0 saturated carbocycles. The minimum atomic E-state index is -0.588. The summed E-state index contributed by atoms with van der Waals surface area (Å²) in [5.74, 6) is 0.468. The third-order valence-electron chi connectivity index (χ3n) is 6.60. The molecule has 3 aromatic carbocycles. The third kappa shape index (κ3) is 8.56. The Labute approximate surface area is 268 Å². The summed E-state index contributed by atoms with van der Waals surface area (Å²) in [6.45, 7) is 0.605. The van der Waals surface area contributed by atoms with Gasteiger partial charge in [0, 0.05) is 29.9 Å². The number of nitrogens with zero attached hydrogens (tertiary/aromatic N) is 5. The number of H-pyrrole nitrogens is 1. The number of ether oxygens (including phenoxy) is 2. The molecule has 2 heterocycles. The largest absolute Gasteiger partial charge is 0.447 e. The number of aromatic amines is 1. The molecular weight excluding hydrogens is 621 g/mol. The summed E-state index contributed by atoms with van der Waals surface area (Å²) in [4.78, 5) is 33.0. The molecule has 0 unspecified atom stereocenters. The number of nitrogens with one attached hydrogen (secondary N) is 4. The minimum Gasteiger partial charge on any atom is -0.447 e. The molecule has 4 N–H and O–H groups in total. The zero-order valence-corrected chi connectivity index (χ0v) is 25.5. The Bertz CT molecular complexity index is 1720. The number of rotatable bonds is 12. The molecule has 0 radical (unpaired) electrons. The number of anilines is 1. The molecule has 5 rings (SSSR count). The molecule has 3 amide bonds. The van der Waals surface area contributed by atoms with Crippen molar-refractivity contribution in [3.05, 3.63) is 106 Å². The van der Waals surface area contributed by atoms with E-state index in [0.29, 0.717) is 57.2 Å². The second kappa shape index (κ2) is 15.1. The van der Waals surface area contributed by atoms with E-state index >= 15 is 0 Å². The van der Waals surface area contributed by atoms with Gasteiger partial charge in [-0.1, -0.05) is 65.7 Å². The lowest BCUT2D eigenvalue weighted by atomic mass is 10.1. The predicted octanol–water partition coefficient (Wildman–Crippen LogP) is 5.34. The second-order valence-corrected chi connectivity index (χ2v) is 10.5. The molecule has 0 bridgehead atoms. The van der Waals surface area contributed by atoms with Crippen molar-refractivity contribution in [1.29, 1.82) is 0 Å². The Hall–Kier alpha value is -4.98. The van der Waals surface area contributed by atoms with Crippen molar-refractivity contribution in [3.8, 4) is 16.9 Å². The van der Waals surface area contributed by atoms with Crippen LogP contribution in [0.5, 0.6) is 0 Å². The van der Waals surface area contributed by atoms with Crippen LogP contribution in [0.1, 0.15) is 23.0 Å². The van der Waals surface area contributed by atoms with Crippen molar-refractivity contribution in [3.63, 3.8) is 0 Å². The van der Waals surface area contributed by atoms with Crippen molar-refractivity contribution in [2.24, 2.45) is 0 Å². The molecule has 0 aliphatic heterocycles. The first-order chi connectivity index (χ1) is 21.9. The lowest BCUT2D eigenvalue weighted by Crippen LogP contribution is -2.39. The fraction of sp³-hybridized carbons (Fsp3) is 0.200. The van der Waals surface area contributed by atoms with Crippen LogP contribution < -0.4 is 16.0 Å². The van der Waals surface area contributed by atoms with Crippen molar-refractivity contribution < 1.29 is 19.1 Å². The maximum absolute atomic E-state index is 13.2. The van der Waals surface area contributed by atoms with Gasteiger partial charge in [-0.25, -0.2) is 19.3 Å². The Morgan fingerprint density at radius 1 is 1.02 bits per heavy atom. The molecule has 0 spiro atoms. The monoisotopic (exact) mass is 649 g/mol. The molecule has 45 heavy (non-hydrogen) atoms. The van der Waals surface area contributed by atoms with Crippen molar-refractivity contribution >= 4 is 41.0 Å². The summed E-state index contributed by atoms with van der Waals surface area (Å²) >= 11 is 12.8. The summed E-state index contributed by atoms with van der Waals surface area (Å²) in [5, 5.41) is 20.7. The number of tetrazole rings is 1. The van der Waals surface area contributed by atoms with Gasteiger partial charge in [0.15, 0.2) is 0 Å². The number of amides is 3. The van der Waals surface area contributed by atoms with E-state index in [1.54, 1.807) is 42.5 Å². The van der Waals surface area contributed by atoms with Gasteiger partial charge >= 0.3 is 12.1 Å². The lowest BCUT2D eigenvalue weighted by Gasteiger charge is -2.18. The highest BCUT2D eigenvalue weighted by Crippen LogP contribution is 2.29. The normalized spacial score (nSPS) is 11.5. The van der Waals surface area contributed by atoms with Crippen LogP contribution in [0.25, 0.3) is 16.9 Å². The van der Waals surface area contributed by atoms with Crippen molar-refractivity contribution in [2.75, 3.05) is 25.6 Å². The van der Waals surface area contributed by atoms with E-state index in [2.05, 4.69) is 36.5 Å². The number of urea groups is 1. The maximum Gasteiger partial charge on any atom is 0.411 e. The molecule has 0 saturated heterocycles. The van der Waals surface area contributed by atoms with Crippen LogP contribution in [0.3, 0.4) is 0 Å². The van der Waals surface area contributed by atoms with E-state index in [4.69, 9.17) is 37.7 Å². The fourth-order valence-electron chi connectivity index (χ4n) is 4.45. The van der Waals surface area contributed by atoms with Crippen LogP contribution in [-0.2, 0) is 22.4 Å². The van der Waals surface area contributed by atoms with Crippen molar-refractivity contribution in [1.82, 2.24) is 40.8 Å². The standard InChI is InChI=1S/C30H29Cl2N9O4/c1-44-13-14-45-30(43)35-23-10-7-20(8-11-23)26-27(32)38-28(37-26)24(15-19-5-3-2-4-6-19)36-29(42)33-17-21-16-22(31)9-12-25(21)41-18-34-39-40-41/h2-12,16,18,24H,13-15,17H2,1H3,(H,35,43)(H,37,38)(H2,33,36,42)/t24-/m0/s1. The lowest BCUT2D eigenvalue weighted by molar-refractivity contribution is 0.107. The second-order valence-electron chi connectivity index (χ2n) is 9.71. The number of benzene rings is 3. The first kappa shape index (κ1) is 31.4. The number of hydrogen-bond acceptors (Lipinski definition) is 8. The molecular formula is C30H29Cl2N9O4. The van der Waals surface area contributed by atoms with Gasteiger partial charge in [0.05, 0.1) is 18.3 Å². The highest BCUT2D eigenvalue weighted by atomic mass is 35.5. The van der Waals surface area contributed by atoms with E-state index in [1.165, 1.54) is 18.1 Å². The number of carbonyl (C=O) groups excluding carboxylic acids is 2. The highest BCUT2D eigenvalue weighted by Gasteiger charge is 2.22. The van der Waals surface area contributed by atoms with Gasteiger partial charge in [-0.15, -0.1) is 5.10 Å². The van der Waals surface area contributed by atoms with Gasteiger partial charge in [-0.05, 0) is 58.3 Å². The molecule has 0 aliphatic rings. The first-order valence-electron chi connectivity index (χ1n) is 13.8. The topological polar surface area (TPSA) is 161 Å². The van der Waals surface area contributed by atoms with E-state index in [0.717, 1.165) is 5.56 Å². The molecule has 0 aliphatic carbocycles. The van der Waals surface area contributed by atoms with E-state index in [-0.39, 0.29) is 13.2 Å². The van der Waals surface area contributed by atoms with Gasteiger partial charge < -0.3 is 25.1 Å². The number of hydrogen-bond donors (Lipinski definition) is 4. The van der Waals surface area contributed by atoms with Crippen LogP contribution >= 0.6 is 23.2 Å². The molecule has 5 aromatic rings. The maximum atomic E-state index is 13.2. The molecule has 0 fully saturated rings. The summed E-state index contributed by atoms with van der Waals surface area (Å²) in [5.41, 5.74) is 4.12. The number of aromatic nitrogens is 6. The molecule has 13 nitrogen and oxygen atoms in total. The Kier molecular flexibility index (Phi) is 10.6. The zero-order chi connectivity index (χ0) is 31.6. The van der Waals surface area contributed by atoms with Crippen LogP contribution in [0.2, 0.25) is 10.2 Å². The Morgan fingerprint density at radius 2 is 1.82 bits per heavy atom. The van der Waals surface area contributed by atoms with Crippen LogP contribution in [0.15, 0.2) is 79.1 Å². The predicted molar refractivity (Wildman–Crippen MR) is 168 cm³/mol. The first-order valence-corrected chi connectivity index (χ1v) is 14.5. The molecule has 1 atom stereocenters. The number of imidazole rings is 1. The SMILES string of the molecule is COCCOC(=O)Nc1ccc(-c2nc([C@H](Cc3ccccc3)NC(=O)NCc3cc(Cl)ccc3-n3cnnn3)[nH]c2Cl)cc1. The van der Waals surface area contributed by atoms with Gasteiger partial charge in [0.1, 0.15) is 29.6 Å². The number of halogens is 2. The van der Waals surface area contributed by atoms with Crippen molar-refractivity contribution in [2.45, 2.75) is 19.0 Å². The van der Waals surface area contributed by atoms with Crippen LogP contribution in [0, 0.1) is 0 Å². The van der Waals surface area contributed by atoms with E-state index in [1.807, 2.05) is 30.3 Å². The van der Waals surface area contributed by atoms with E-state index in [9.17, 15) is 9.59 Å². The fourth-order valence-corrected chi connectivity index (χ4v) is 4.89. The average molecular weight is 651 g/mol. The summed E-state index contributed by atoms with van der Waals surface area (Å²) in [6.07, 6.45) is 1.32. The van der Waals surface area contributed by atoms with Gasteiger partial charge in [0.25, 0.3) is 0 Å². The summed E-state index contributed by atoms with van der Waals surface area (Å²) in [6, 6.07) is 20.9. The third-order valence-corrected chi connectivity index (χ3v) is 7.11. The molecule has 15 heteroatoms. The highest BCUT2D eigenvalue weighted by molar-refractivity contribution is 6.32. The van der Waals surface area contributed by atoms with Gasteiger partial charge in [-0.2, -0.15) is 0 Å². The summed E-state index contributed by atoms with van der Waals surface area (Å²) < 4.78 is 11.4. The summed E-state index contributed by atoms with van der Waals surface area (Å²) in [7, 11) is 1.53. The van der Waals surface area contributed by atoms with E-state index < -0.39 is 18.2 Å². The van der Waals surface area contributed by atoms with Crippen LogP contribution in [-0.4, -0.2) is 62.6 Å². The zero-order valence-electron chi connectivity index (χ0n) is 24.0. The molecule has 2 aromatic heterocycles. The minimum absolute atomic E-state index is 0.143.